The fourth-order valence-electron chi connectivity index (χ4n) is 3.35. The van der Waals surface area contributed by atoms with Crippen LogP contribution >= 0.6 is 0 Å². The van der Waals surface area contributed by atoms with E-state index in [4.69, 9.17) is 5.11 Å². The van der Waals surface area contributed by atoms with E-state index < -0.39 is 5.97 Å². The van der Waals surface area contributed by atoms with Crippen molar-refractivity contribution in [2.24, 2.45) is 0 Å². The summed E-state index contributed by atoms with van der Waals surface area (Å²) in [7, 11) is 0.784. The summed E-state index contributed by atoms with van der Waals surface area (Å²) in [4.78, 5) is 11.9. The molecule has 0 fully saturated rings. The lowest BCUT2D eigenvalue weighted by molar-refractivity contribution is -0.138. The van der Waals surface area contributed by atoms with E-state index in [0.29, 0.717) is 5.72 Å². The number of carboxylic acids is 1. The van der Waals surface area contributed by atoms with E-state index in [1.165, 1.54) is 75.4 Å². The third-order valence-electron chi connectivity index (χ3n) is 4.87. The highest BCUT2D eigenvalue weighted by Crippen LogP contribution is 2.37. The molecule has 0 aliphatic carbocycles. The van der Waals surface area contributed by atoms with Gasteiger partial charge in [-0.05, 0) is 10.5 Å². The van der Waals surface area contributed by atoms with Crippen molar-refractivity contribution in [2.45, 2.75) is 103 Å². The van der Waals surface area contributed by atoms with Crippen LogP contribution in [0.5, 0.6) is 0 Å². The molecule has 0 saturated heterocycles. The molecule has 1 atom stereocenters. The third kappa shape index (κ3) is 9.61. The number of hydrogen-bond donors (Lipinski definition) is 1. The molecule has 25 heavy (non-hydrogen) atoms. The SMILES string of the molecule is CCCCCCCC(C)(Bc1nnn(CC(=O)O)n1)CCCCCC. The molecule has 0 bridgehead atoms. The van der Waals surface area contributed by atoms with E-state index in [1.807, 2.05) is 0 Å². The van der Waals surface area contributed by atoms with Gasteiger partial charge in [-0.25, -0.2) is 0 Å². The lowest BCUT2D eigenvalue weighted by atomic mass is 9.49. The van der Waals surface area contributed by atoms with Crippen molar-refractivity contribution in [3.63, 3.8) is 0 Å². The lowest BCUT2D eigenvalue weighted by Gasteiger charge is -2.28. The van der Waals surface area contributed by atoms with Gasteiger partial charge in [0.15, 0.2) is 6.54 Å². The molecule has 142 valence electrons. The maximum absolute atomic E-state index is 10.8. The Morgan fingerprint density at radius 1 is 1.04 bits per heavy atom. The molecular weight excluding hydrogens is 315 g/mol. The molecule has 1 N–H and O–H groups in total. The molecule has 1 aromatic rings. The number of aromatic nitrogens is 4. The largest absolute Gasteiger partial charge is 0.480 e. The van der Waals surface area contributed by atoms with E-state index >= 15 is 0 Å². The summed E-state index contributed by atoms with van der Waals surface area (Å²) in [5.74, 6) is -0.942. The molecule has 1 heterocycles. The lowest BCUT2D eigenvalue weighted by Crippen LogP contribution is -2.31. The Labute approximate surface area is 153 Å². The molecular formula is C18H35BN4O2. The fraction of sp³-hybridized carbons (Fsp3) is 0.889. The molecule has 1 rings (SSSR count). The van der Waals surface area contributed by atoms with Gasteiger partial charge in [-0.1, -0.05) is 91.4 Å². The smallest absolute Gasteiger partial charge is 0.327 e. The van der Waals surface area contributed by atoms with Gasteiger partial charge in [-0.3, -0.25) is 4.79 Å². The fourth-order valence-corrected chi connectivity index (χ4v) is 3.35. The molecule has 0 spiro atoms. The highest BCUT2D eigenvalue weighted by atomic mass is 16.4. The van der Waals surface area contributed by atoms with Crippen molar-refractivity contribution in [3.05, 3.63) is 0 Å². The zero-order valence-corrected chi connectivity index (χ0v) is 16.3. The van der Waals surface area contributed by atoms with Crippen molar-refractivity contribution in [3.8, 4) is 0 Å². The van der Waals surface area contributed by atoms with Crippen molar-refractivity contribution in [1.29, 1.82) is 0 Å². The van der Waals surface area contributed by atoms with Crippen LogP contribution in [0.25, 0.3) is 0 Å². The van der Waals surface area contributed by atoms with Gasteiger partial charge in [0.1, 0.15) is 5.72 Å². The van der Waals surface area contributed by atoms with Crippen LogP contribution in [0.1, 0.15) is 91.4 Å². The van der Waals surface area contributed by atoms with E-state index in [2.05, 4.69) is 36.2 Å². The Morgan fingerprint density at radius 2 is 1.60 bits per heavy atom. The molecule has 1 unspecified atom stereocenters. The highest BCUT2D eigenvalue weighted by Gasteiger charge is 2.28. The second-order valence-corrected chi connectivity index (χ2v) is 7.59. The predicted molar refractivity (Wildman–Crippen MR) is 103 cm³/mol. The standard InChI is InChI=1S/C18H35BN4O2/c1-4-6-8-10-12-14-18(3,13-11-9-7-5-2)19-17-20-22-23(21-17)15-16(24)25/h19H,4-15H2,1-3H3,(H,24,25). The van der Waals surface area contributed by atoms with Crippen molar-refractivity contribution in [1.82, 2.24) is 20.2 Å². The van der Waals surface area contributed by atoms with Gasteiger partial charge in [0.05, 0.1) is 0 Å². The summed E-state index contributed by atoms with van der Waals surface area (Å²) < 4.78 is 0. The molecule has 7 heteroatoms. The summed E-state index contributed by atoms with van der Waals surface area (Å²) in [6.07, 6.45) is 13.8. The molecule has 0 aromatic carbocycles. The topological polar surface area (TPSA) is 80.9 Å². The van der Waals surface area contributed by atoms with Crippen molar-refractivity contribution < 1.29 is 9.90 Å². The molecule has 0 aliphatic heterocycles. The molecule has 0 radical (unpaired) electrons. The highest BCUT2D eigenvalue weighted by molar-refractivity contribution is 6.54. The third-order valence-corrected chi connectivity index (χ3v) is 4.87. The Morgan fingerprint density at radius 3 is 2.16 bits per heavy atom. The van der Waals surface area contributed by atoms with E-state index in [9.17, 15) is 4.79 Å². The van der Waals surface area contributed by atoms with Crippen molar-refractivity contribution in [2.75, 3.05) is 0 Å². The molecule has 0 aliphatic rings. The maximum atomic E-state index is 10.8. The maximum Gasteiger partial charge on any atom is 0.327 e. The van der Waals surface area contributed by atoms with Gasteiger partial charge in [-0.2, -0.15) is 4.80 Å². The summed E-state index contributed by atoms with van der Waals surface area (Å²) >= 11 is 0. The van der Waals surface area contributed by atoms with E-state index in [0.717, 1.165) is 7.28 Å². The van der Waals surface area contributed by atoms with Crippen LogP contribution in [0, 0.1) is 0 Å². The Bertz CT molecular complexity index is 495. The zero-order valence-electron chi connectivity index (χ0n) is 16.3. The van der Waals surface area contributed by atoms with Gasteiger partial charge < -0.3 is 5.11 Å². The summed E-state index contributed by atoms with van der Waals surface area (Å²) in [5, 5.41) is 21.2. The average Bonchev–Trinajstić information content (AvgIpc) is 2.97. The normalized spacial score (nSPS) is 13.6. The summed E-state index contributed by atoms with van der Waals surface area (Å²) in [6, 6.07) is 0. The number of aliphatic carboxylic acids is 1. The minimum absolute atomic E-state index is 0.178. The number of unbranched alkanes of at least 4 members (excludes halogenated alkanes) is 7. The number of hydrogen-bond acceptors (Lipinski definition) is 4. The first kappa shape index (κ1) is 21.6. The Balaban J connectivity index is 2.58. The van der Waals surface area contributed by atoms with Crippen LogP contribution in [0.4, 0.5) is 0 Å². The second-order valence-electron chi connectivity index (χ2n) is 7.59. The van der Waals surface area contributed by atoms with Gasteiger partial charge >= 0.3 is 5.97 Å². The van der Waals surface area contributed by atoms with Crippen LogP contribution < -0.4 is 5.72 Å². The first-order valence-electron chi connectivity index (χ1n) is 9.97. The number of tetrazole rings is 1. The number of rotatable bonds is 15. The Hall–Kier alpha value is -1.40. The number of nitrogens with zero attached hydrogens (tertiary/aromatic N) is 4. The second kappa shape index (κ2) is 12.0. The zero-order chi connectivity index (χ0) is 18.5. The van der Waals surface area contributed by atoms with Crippen LogP contribution in [0.3, 0.4) is 0 Å². The summed E-state index contributed by atoms with van der Waals surface area (Å²) in [5.41, 5.74) is 0.674. The minimum atomic E-state index is -0.942. The van der Waals surface area contributed by atoms with E-state index in [1.54, 1.807) is 0 Å². The van der Waals surface area contributed by atoms with E-state index in [-0.39, 0.29) is 11.9 Å². The molecule has 6 nitrogen and oxygen atoms in total. The van der Waals surface area contributed by atoms with Gasteiger partial charge in [0.2, 0.25) is 7.28 Å². The van der Waals surface area contributed by atoms with Crippen LogP contribution in [-0.2, 0) is 11.3 Å². The van der Waals surface area contributed by atoms with Gasteiger partial charge in [0.25, 0.3) is 0 Å². The monoisotopic (exact) mass is 350 g/mol. The molecule has 0 amide bonds. The first-order chi connectivity index (χ1) is 12.0. The predicted octanol–water partition coefficient (Wildman–Crippen LogP) is 3.33. The Kier molecular flexibility index (Phi) is 10.4. The summed E-state index contributed by atoms with van der Waals surface area (Å²) in [6.45, 7) is 6.58. The number of carboxylic acid groups (broad SMARTS) is 1. The van der Waals surface area contributed by atoms with Gasteiger partial charge in [0, 0.05) is 0 Å². The van der Waals surface area contributed by atoms with Crippen molar-refractivity contribution >= 4 is 19.0 Å². The quantitative estimate of drug-likeness (QED) is 0.388. The van der Waals surface area contributed by atoms with Crippen LogP contribution in [0.15, 0.2) is 0 Å². The first-order valence-corrected chi connectivity index (χ1v) is 9.97. The minimum Gasteiger partial charge on any atom is -0.480 e. The van der Waals surface area contributed by atoms with Gasteiger partial charge in [-0.15, -0.1) is 10.2 Å². The molecule has 0 saturated carbocycles. The van der Waals surface area contributed by atoms with Crippen LogP contribution in [0.2, 0.25) is 5.31 Å². The van der Waals surface area contributed by atoms with Crippen LogP contribution in [-0.4, -0.2) is 38.6 Å². The average molecular weight is 350 g/mol. The number of carbonyl (C=O) groups is 1. The molecule has 1 aromatic heterocycles.